The van der Waals surface area contributed by atoms with Crippen LogP contribution in [0.25, 0.3) is 0 Å². The first-order valence-electron chi connectivity index (χ1n) is 11.6. The maximum Gasteiger partial charge on any atom is 0.325 e. The van der Waals surface area contributed by atoms with Crippen molar-refractivity contribution in [1.82, 2.24) is 20.5 Å². The number of carbonyl (C=O) groups excluding carboxylic acids is 3. The van der Waals surface area contributed by atoms with Crippen LogP contribution in [0.4, 0.5) is 10.6 Å². The number of rotatable bonds is 6. The molecule has 1 saturated carbocycles. The van der Waals surface area contributed by atoms with E-state index in [0.29, 0.717) is 19.4 Å². The molecule has 2 N–H and O–H groups in total. The van der Waals surface area contributed by atoms with Crippen LogP contribution in [0.15, 0.2) is 18.3 Å². The molecule has 4 rings (SSSR count). The van der Waals surface area contributed by atoms with E-state index < -0.39 is 5.54 Å². The molecule has 3 fully saturated rings. The summed E-state index contributed by atoms with van der Waals surface area (Å²) in [6.07, 6.45) is 6.53. The Bertz CT molecular complexity index is 842. The van der Waals surface area contributed by atoms with E-state index >= 15 is 0 Å². The number of imide groups is 1. The number of nitrogens with zero attached hydrogens (tertiary/aromatic N) is 3. The molecule has 1 spiro atoms. The van der Waals surface area contributed by atoms with E-state index in [1.54, 1.807) is 6.20 Å². The highest BCUT2D eigenvalue weighted by atomic mass is 16.5. The predicted octanol–water partition coefficient (Wildman–Crippen LogP) is 1.96. The third kappa shape index (κ3) is 4.87. The van der Waals surface area contributed by atoms with Gasteiger partial charge in [0.25, 0.3) is 5.91 Å². The van der Waals surface area contributed by atoms with Gasteiger partial charge in [-0.1, -0.05) is 25.3 Å². The van der Waals surface area contributed by atoms with Gasteiger partial charge in [0.15, 0.2) is 0 Å². The van der Waals surface area contributed by atoms with E-state index in [2.05, 4.69) is 34.4 Å². The third-order valence-corrected chi connectivity index (χ3v) is 6.56. The number of hydrogen-bond donors (Lipinski definition) is 2. The molecule has 3 heterocycles. The molecule has 1 aliphatic carbocycles. The lowest BCUT2D eigenvalue weighted by atomic mass is 9.82. The molecule has 0 bridgehead atoms. The lowest BCUT2D eigenvalue weighted by molar-refractivity contribution is -0.132. The quantitative estimate of drug-likeness (QED) is 0.652. The molecular formula is C23H33N5O4. The van der Waals surface area contributed by atoms with E-state index in [4.69, 9.17) is 4.74 Å². The zero-order valence-electron chi connectivity index (χ0n) is 18.9. The molecule has 1 aromatic heterocycles. The topological polar surface area (TPSA) is 104 Å². The van der Waals surface area contributed by atoms with Crippen LogP contribution in [-0.2, 0) is 20.9 Å². The molecule has 1 aromatic rings. The summed E-state index contributed by atoms with van der Waals surface area (Å²) >= 11 is 0. The van der Waals surface area contributed by atoms with Crippen molar-refractivity contribution in [2.24, 2.45) is 0 Å². The van der Waals surface area contributed by atoms with Gasteiger partial charge in [0.1, 0.15) is 11.4 Å². The lowest BCUT2D eigenvalue weighted by Crippen LogP contribution is -2.48. The smallest absolute Gasteiger partial charge is 0.325 e. The highest BCUT2D eigenvalue weighted by molar-refractivity contribution is 6.07. The average Bonchev–Trinajstić information content (AvgIpc) is 2.99. The SMILES string of the molecule is CC1CN(c2ccc(CNC(=O)CCN3C(=O)NC4(CCCCC4)C3=O)cn2)CC(C)O1. The van der Waals surface area contributed by atoms with Gasteiger partial charge >= 0.3 is 6.03 Å². The van der Waals surface area contributed by atoms with E-state index in [9.17, 15) is 14.4 Å². The van der Waals surface area contributed by atoms with Gasteiger partial charge in [-0.2, -0.15) is 0 Å². The number of carbonyl (C=O) groups is 3. The molecule has 2 aliphatic heterocycles. The van der Waals surface area contributed by atoms with Crippen molar-refractivity contribution in [3.8, 4) is 0 Å². The average molecular weight is 444 g/mol. The summed E-state index contributed by atoms with van der Waals surface area (Å²) in [6.45, 7) is 6.17. The Morgan fingerprint density at radius 1 is 1.19 bits per heavy atom. The van der Waals surface area contributed by atoms with Crippen LogP contribution in [0.3, 0.4) is 0 Å². The summed E-state index contributed by atoms with van der Waals surface area (Å²) in [5.41, 5.74) is 0.155. The minimum atomic E-state index is -0.741. The van der Waals surface area contributed by atoms with E-state index in [0.717, 1.165) is 43.7 Å². The molecule has 2 unspecified atom stereocenters. The zero-order chi connectivity index (χ0) is 22.7. The lowest BCUT2D eigenvalue weighted by Gasteiger charge is -2.36. The monoisotopic (exact) mass is 443 g/mol. The second-order valence-corrected chi connectivity index (χ2v) is 9.24. The number of pyridine rings is 1. The van der Waals surface area contributed by atoms with E-state index in [1.807, 2.05) is 12.1 Å². The minimum absolute atomic E-state index is 0.0876. The molecule has 2 saturated heterocycles. The molecule has 174 valence electrons. The maximum atomic E-state index is 12.8. The summed E-state index contributed by atoms with van der Waals surface area (Å²) < 4.78 is 5.77. The van der Waals surface area contributed by atoms with Gasteiger partial charge in [-0.3, -0.25) is 14.5 Å². The summed E-state index contributed by atoms with van der Waals surface area (Å²) in [5, 5.41) is 5.73. The van der Waals surface area contributed by atoms with Crippen molar-refractivity contribution in [3.63, 3.8) is 0 Å². The predicted molar refractivity (Wildman–Crippen MR) is 119 cm³/mol. The molecule has 9 heteroatoms. The van der Waals surface area contributed by atoms with Crippen molar-refractivity contribution in [2.75, 3.05) is 24.5 Å². The van der Waals surface area contributed by atoms with Crippen molar-refractivity contribution in [1.29, 1.82) is 0 Å². The molecule has 9 nitrogen and oxygen atoms in total. The maximum absolute atomic E-state index is 12.8. The van der Waals surface area contributed by atoms with E-state index in [-0.39, 0.29) is 43.0 Å². The Morgan fingerprint density at radius 2 is 1.91 bits per heavy atom. The summed E-state index contributed by atoms with van der Waals surface area (Å²) in [5.74, 6) is 0.522. The van der Waals surface area contributed by atoms with Gasteiger partial charge in [-0.25, -0.2) is 9.78 Å². The number of aromatic nitrogens is 1. The second kappa shape index (κ2) is 9.44. The number of urea groups is 1. The fourth-order valence-corrected chi connectivity index (χ4v) is 4.95. The van der Waals surface area contributed by atoms with Crippen LogP contribution in [0.2, 0.25) is 0 Å². The zero-order valence-corrected chi connectivity index (χ0v) is 18.9. The number of morpholine rings is 1. The first kappa shape index (κ1) is 22.5. The Labute approximate surface area is 188 Å². The van der Waals surface area contributed by atoms with Crippen LogP contribution >= 0.6 is 0 Å². The normalized spacial score (nSPS) is 25.2. The van der Waals surface area contributed by atoms with Gasteiger partial charge < -0.3 is 20.3 Å². The fourth-order valence-electron chi connectivity index (χ4n) is 4.95. The van der Waals surface area contributed by atoms with Gasteiger partial charge in [-0.15, -0.1) is 0 Å². The molecule has 0 radical (unpaired) electrons. The Kier molecular flexibility index (Phi) is 6.64. The number of nitrogens with one attached hydrogen (secondary N) is 2. The van der Waals surface area contributed by atoms with Crippen molar-refractivity contribution >= 4 is 23.7 Å². The van der Waals surface area contributed by atoms with Gasteiger partial charge in [-0.05, 0) is 38.3 Å². The van der Waals surface area contributed by atoms with E-state index in [1.165, 1.54) is 4.90 Å². The van der Waals surface area contributed by atoms with Crippen LogP contribution in [0.5, 0.6) is 0 Å². The van der Waals surface area contributed by atoms with Gasteiger partial charge in [0.05, 0.1) is 12.2 Å². The number of ether oxygens (including phenoxy) is 1. The molecular weight excluding hydrogens is 410 g/mol. The summed E-state index contributed by atoms with van der Waals surface area (Å²) in [4.78, 5) is 45.3. The minimum Gasteiger partial charge on any atom is -0.372 e. The molecule has 3 aliphatic rings. The van der Waals surface area contributed by atoms with Crippen LogP contribution in [0, 0.1) is 0 Å². The van der Waals surface area contributed by atoms with Crippen molar-refractivity contribution < 1.29 is 19.1 Å². The first-order chi connectivity index (χ1) is 15.4. The highest BCUT2D eigenvalue weighted by Crippen LogP contribution is 2.33. The summed E-state index contributed by atoms with van der Waals surface area (Å²) in [7, 11) is 0. The third-order valence-electron chi connectivity index (χ3n) is 6.56. The number of amides is 4. The highest BCUT2D eigenvalue weighted by Gasteiger charge is 2.51. The fraction of sp³-hybridized carbons (Fsp3) is 0.652. The molecule has 4 amide bonds. The molecule has 0 aromatic carbocycles. The number of anilines is 1. The number of hydrogen-bond acceptors (Lipinski definition) is 6. The van der Waals surface area contributed by atoms with Crippen molar-refractivity contribution in [3.05, 3.63) is 23.9 Å². The van der Waals surface area contributed by atoms with Crippen LogP contribution in [-0.4, -0.2) is 65.1 Å². The van der Waals surface area contributed by atoms with Gasteiger partial charge in [0.2, 0.25) is 5.91 Å². The largest absolute Gasteiger partial charge is 0.372 e. The molecule has 2 atom stereocenters. The Hall–Kier alpha value is -2.68. The standard InChI is InChI=1S/C23H33N5O4/c1-16-14-27(15-17(2)32-16)19-7-6-18(12-24-19)13-25-20(29)8-11-28-21(30)23(26-22(28)31)9-4-3-5-10-23/h6-7,12,16-17H,3-5,8-11,13-15H2,1-2H3,(H,25,29)(H,26,31). The van der Waals surface area contributed by atoms with Crippen LogP contribution < -0.4 is 15.5 Å². The Morgan fingerprint density at radius 3 is 2.56 bits per heavy atom. The Balaban J connectivity index is 1.24. The summed E-state index contributed by atoms with van der Waals surface area (Å²) in [6, 6.07) is 3.54. The van der Waals surface area contributed by atoms with Crippen LogP contribution in [0.1, 0.15) is 57.9 Å². The second-order valence-electron chi connectivity index (χ2n) is 9.24. The molecule has 32 heavy (non-hydrogen) atoms. The first-order valence-corrected chi connectivity index (χ1v) is 11.6. The van der Waals surface area contributed by atoms with Crippen molar-refractivity contribution in [2.45, 2.75) is 76.7 Å². The van der Waals surface area contributed by atoms with Gasteiger partial charge in [0, 0.05) is 38.8 Å².